The number of benzene rings is 1. The predicted octanol–water partition coefficient (Wildman–Crippen LogP) is 1.73. The van der Waals surface area contributed by atoms with Crippen LogP contribution in [0.3, 0.4) is 0 Å². The molecule has 0 atom stereocenters. The van der Waals surface area contributed by atoms with Crippen molar-refractivity contribution in [2.45, 2.75) is 6.29 Å². The van der Waals surface area contributed by atoms with Crippen molar-refractivity contribution < 1.29 is 49.1 Å². The number of ether oxygens (including phenoxy) is 2. The fourth-order valence-electron chi connectivity index (χ4n) is 1.16. The molecule has 4 heteroatoms. The van der Waals surface area contributed by atoms with Crippen molar-refractivity contribution in [1.29, 1.82) is 0 Å². The third kappa shape index (κ3) is 3.88. The summed E-state index contributed by atoms with van der Waals surface area (Å²) in [7, 11) is 0. The van der Waals surface area contributed by atoms with Crippen LogP contribution in [0.2, 0.25) is 0 Å². The van der Waals surface area contributed by atoms with E-state index < -0.39 is 0 Å². The molecule has 1 aliphatic heterocycles. The fourth-order valence-corrected chi connectivity index (χ4v) is 1.16. The van der Waals surface area contributed by atoms with E-state index >= 15 is 0 Å². The summed E-state index contributed by atoms with van der Waals surface area (Å²) >= 11 is 0. The van der Waals surface area contributed by atoms with E-state index in [1.807, 2.05) is 30.7 Å². The van der Waals surface area contributed by atoms with Crippen LogP contribution in [0, 0.1) is 12.5 Å². The molecule has 1 aliphatic rings. The molecule has 0 aromatic heterocycles. The van der Waals surface area contributed by atoms with Gasteiger partial charge in [-0.05, 0) is 0 Å². The topological polar surface area (TPSA) is 18.5 Å². The third-order valence-corrected chi connectivity index (χ3v) is 1.75. The number of hydrogen-bond donors (Lipinski definition) is 0. The maximum Gasteiger partial charge on any atom is 0.155 e. The maximum atomic E-state index is 5.37. The van der Waals surface area contributed by atoms with Gasteiger partial charge in [0.15, 0.2) is 6.29 Å². The number of rotatable bonds is 1. The van der Waals surface area contributed by atoms with Crippen LogP contribution < -0.4 is 0 Å². The fraction of sp³-hybridized carbons (Fsp3) is 0.300. The number of hydrogen-bond acceptors (Lipinski definition) is 2. The minimum atomic E-state index is -0.190. The van der Waals surface area contributed by atoms with Crippen molar-refractivity contribution in [1.82, 2.24) is 0 Å². The maximum absolute atomic E-state index is 5.37. The summed E-state index contributed by atoms with van der Waals surface area (Å²) in [4.78, 5) is 0. The average molecular weight is 397 g/mol. The summed E-state index contributed by atoms with van der Waals surface area (Å²) in [5.74, 6) is 0. The summed E-state index contributed by atoms with van der Waals surface area (Å²) < 4.78 is 10.7. The Balaban J connectivity index is 0.000000845. The first kappa shape index (κ1) is 14.4. The van der Waals surface area contributed by atoms with Crippen LogP contribution in [-0.4, -0.2) is 13.2 Å². The molecule has 1 heterocycles. The van der Waals surface area contributed by atoms with Crippen molar-refractivity contribution in [3.8, 4) is 0 Å². The smallest absolute Gasteiger partial charge is 0.155 e. The Morgan fingerprint density at radius 3 is 2.36 bits per heavy atom. The molecule has 1 aromatic rings. The van der Waals surface area contributed by atoms with E-state index in [0.29, 0.717) is 13.2 Å². The van der Waals surface area contributed by atoms with Crippen LogP contribution >= 0.6 is 0 Å². The van der Waals surface area contributed by atoms with Crippen LogP contribution in [0.1, 0.15) is 11.9 Å². The normalized spacial score (nSPS) is 16.6. The van der Waals surface area contributed by atoms with Gasteiger partial charge in [-0.3, -0.25) is 6.42 Å². The van der Waals surface area contributed by atoms with E-state index in [9.17, 15) is 0 Å². The van der Waals surface area contributed by atoms with Gasteiger partial charge in [-0.2, -0.15) is 30.3 Å². The Bertz CT molecular complexity index is 237. The van der Waals surface area contributed by atoms with Gasteiger partial charge < -0.3 is 9.47 Å². The molecule has 2 nitrogen and oxygen atoms in total. The van der Waals surface area contributed by atoms with Gasteiger partial charge in [0.05, 0.1) is 0 Å². The zero-order valence-electron chi connectivity index (χ0n) is 7.55. The molecule has 0 bridgehead atoms. The van der Waals surface area contributed by atoms with E-state index in [0.717, 1.165) is 5.56 Å². The minimum Gasteiger partial charge on any atom is -0.383 e. The zero-order valence-corrected chi connectivity index (χ0v) is 11.9. The van der Waals surface area contributed by atoms with Gasteiger partial charge >= 0.3 is 0 Å². The van der Waals surface area contributed by atoms with Crippen LogP contribution in [0.5, 0.6) is 0 Å². The third-order valence-electron chi connectivity index (χ3n) is 1.75. The monoisotopic (exact) mass is 397 g/mol. The quantitative estimate of drug-likeness (QED) is 0.673. The standard InChI is InChI=1S/C10H10O2.V.W/c1-2-5-9(6-3-1)10-11-7-4-8-12-10;;/h2-6,10H,7-8H2;;/q-2;;. The Labute approximate surface area is 111 Å². The zero-order chi connectivity index (χ0) is 8.23. The van der Waals surface area contributed by atoms with Crippen LogP contribution in [0.25, 0.3) is 0 Å². The van der Waals surface area contributed by atoms with Crippen LogP contribution in [0.4, 0.5) is 0 Å². The minimum absolute atomic E-state index is 0. The largest absolute Gasteiger partial charge is 0.383 e. The molecule has 1 radical (unpaired) electrons. The van der Waals surface area contributed by atoms with Gasteiger partial charge in [0.25, 0.3) is 0 Å². The van der Waals surface area contributed by atoms with Crippen molar-refractivity contribution in [2.75, 3.05) is 13.2 Å². The molecule has 1 fully saturated rings. The van der Waals surface area contributed by atoms with E-state index in [1.54, 1.807) is 0 Å². The molecule has 0 aliphatic carbocycles. The van der Waals surface area contributed by atoms with Crippen molar-refractivity contribution >= 4 is 0 Å². The molecule has 1 saturated heterocycles. The molecule has 1 aromatic carbocycles. The predicted molar refractivity (Wildman–Crippen MR) is 44.2 cm³/mol. The Kier molecular flexibility index (Phi) is 7.90. The second kappa shape index (κ2) is 7.67. The first-order chi connectivity index (χ1) is 5.97. The molecule has 2 rings (SSSR count). The molecule has 0 spiro atoms. The molecule has 14 heavy (non-hydrogen) atoms. The molecule has 0 saturated carbocycles. The van der Waals surface area contributed by atoms with Gasteiger partial charge in [0.1, 0.15) is 0 Å². The average Bonchev–Trinajstić information content (AvgIpc) is 2.21. The van der Waals surface area contributed by atoms with E-state index in [-0.39, 0.29) is 45.9 Å². The summed E-state index contributed by atoms with van der Waals surface area (Å²) in [5, 5.41) is 0. The van der Waals surface area contributed by atoms with Gasteiger partial charge in [-0.1, -0.05) is 13.2 Å². The summed E-state index contributed by atoms with van der Waals surface area (Å²) in [6.07, 6.45) is 1.77. The van der Waals surface area contributed by atoms with Crippen molar-refractivity contribution in [3.05, 3.63) is 42.3 Å². The van der Waals surface area contributed by atoms with Gasteiger partial charge in [0.2, 0.25) is 0 Å². The Hall–Kier alpha value is 0.413. The van der Waals surface area contributed by atoms with Gasteiger partial charge in [-0.25, -0.2) is 0 Å². The summed E-state index contributed by atoms with van der Waals surface area (Å²) in [6, 6.07) is 10.6. The first-order valence-electron chi connectivity index (χ1n) is 3.98. The first-order valence-corrected chi connectivity index (χ1v) is 3.98. The summed E-state index contributed by atoms with van der Waals surface area (Å²) in [5.41, 5.74) is 1.06. The van der Waals surface area contributed by atoms with E-state index in [4.69, 9.17) is 9.47 Å². The van der Waals surface area contributed by atoms with Gasteiger partial charge in [-0.15, -0.1) is 5.56 Å². The second-order valence-electron chi connectivity index (χ2n) is 2.62. The van der Waals surface area contributed by atoms with Crippen LogP contribution in [-0.2, 0) is 49.1 Å². The Morgan fingerprint density at radius 1 is 1.21 bits per heavy atom. The molecular formula is C10H10O2VW-2. The van der Waals surface area contributed by atoms with Gasteiger partial charge in [0, 0.05) is 39.6 Å². The van der Waals surface area contributed by atoms with E-state index in [1.165, 1.54) is 0 Å². The second-order valence-corrected chi connectivity index (χ2v) is 2.62. The van der Waals surface area contributed by atoms with Crippen LogP contribution in [0.15, 0.2) is 24.3 Å². The molecule has 75 valence electrons. The summed E-state index contributed by atoms with van der Waals surface area (Å²) in [6.45, 7) is 1.34. The molecular weight excluding hydrogens is 387 g/mol. The molecule has 0 unspecified atom stereocenters. The molecule has 0 N–H and O–H groups in total. The van der Waals surface area contributed by atoms with E-state index in [2.05, 4.69) is 6.07 Å². The van der Waals surface area contributed by atoms with Crippen molar-refractivity contribution in [2.24, 2.45) is 0 Å². The van der Waals surface area contributed by atoms with Crippen molar-refractivity contribution in [3.63, 3.8) is 0 Å². The Morgan fingerprint density at radius 2 is 1.79 bits per heavy atom. The SMILES string of the molecule is [V].[W].[c-]1ccc(C2OC[CH-]CO2)cc1. The molecule has 0 amide bonds.